The lowest BCUT2D eigenvalue weighted by molar-refractivity contribution is 0.669. The van der Waals surface area contributed by atoms with Crippen molar-refractivity contribution in [3.63, 3.8) is 0 Å². The van der Waals surface area contributed by atoms with Gasteiger partial charge in [-0.3, -0.25) is 4.57 Å². The fourth-order valence-corrected chi connectivity index (χ4v) is 6.37. The Morgan fingerprint density at radius 1 is 0.488 bits per heavy atom. The maximum Gasteiger partial charge on any atom is 0.145 e. The van der Waals surface area contributed by atoms with Crippen LogP contribution in [0.15, 0.2) is 144 Å². The molecular formula is C37H23N3O. The largest absolute Gasteiger partial charge is 0.456 e. The molecule has 192 valence electrons. The monoisotopic (exact) mass is 525 g/mol. The minimum absolute atomic E-state index is 0.894. The van der Waals surface area contributed by atoms with Gasteiger partial charge in [0.15, 0.2) is 0 Å². The highest BCUT2D eigenvalue weighted by Crippen LogP contribution is 2.41. The van der Waals surface area contributed by atoms with E-state index in [9.17, 15) is 0 Å². The van der Waals surface area contributed by atoms with Gasteiger partial charge in [-0.15, -0.1) is 0 Å². The molecule has 0 saturated carbocycles. The van der Waals surface area contributed by atoms with Gasteiger partial charge in [-0.25, -0.2) is 4.98 Å². The topological polar surface area (TPSA) is 35.9 Å². The molecule has 0 aliphatic heterocycles. The van der Waals surface area contributed by atoms with Gasteiger partial charge in [0.25, 0.3) is 0 Å². The molecule has 9 aromatic rings. The van der Waals surface area contributed by atoms with Crippen LogP contribution in [0.5, 0.6) is 0 Å². The van der Waals surface area contributed by atoms with E-state index in [1.54, 1.807) is 0 Å². The van der Waals surface area contributed by atoms with Gasteiger partial charge in [-0.1, -0.05) is 84.9 Å². The van der Waals surface area contributed by atoms with Gasteiger partial charge < -0.3 is 8.98 Å². The van der Waals surface area contributed by atoms with E-state index >= 15 is 0 Å². The van der Waals surface area contributed by atoms with Crippen LogP contribution in [0.25, 0.3) is 77.5 Å². The number of imidazole rings is 1. The molecule has 0 aliphatic carbocycles. The lowest BCUT2D eigenvalue weighted by Gasteiger charge is -2.14. The summed E-state index contributed by atoms with van der Waals surface area (Å²) in [6, 6.07) is 48.8. The Morgan fingerprint density at radius 3 is 2.07 bits per heavy atom. The Bertz CT molecular complexity index is 2420. The van der Waals surface area contributed by atoms with Crippen LogP contribution < -0.4 is 0 Å². The van der Waals surface area contributed by atoms with E-state index in [0.717, 1.165) is 66.8 Å². The Kier molecular flexibility index (Phi) is 4.58. The van der Waals surface area contributed by atoms with Gasteiger partial charge in [0, 0.05) is 33.1 Å². The SMILES string of the molecule is c1ccc(-c2nc3ccccc3n2-c2cccc(-n3c4ccccc4c4ccc5oc6ccccc6c5c43)c2)cc1. The first-order valence-electron chi connectivity index (χ1n) is 13.8. The average molecular weight is 526 g/mol. The number of benzene rings is 6. The third-order valence-corrected chi connectivity index (χ3v) is 8.11. The van der Waals surface area contributed by atoms with Crippen LogP contribution in [0.1, 0.15) is 0 Å². The Balaban J connectivity index is 1.38. The molecule has 0 atom stereocenters. The number of hydrogen-bond acceptors (Lipinski definition) is 2. The number of para-hydroxylation sites is 4. The maximum atomic E-state index is 6.32. The third-order valence-electron chi connectivity index (χ3n) is 8.11. The molecule has 3 heterocycles. The molecule has 0 spiro atoms. The molecule has 0 aliphatic rings. The first-order valence-corrected chi connectivity index (χ1v) is 13.8. The number of nitrogens with zero attached hydrogens (tertiary/aromatic N) is 3. The van der Waals surface area contributed by atoms with E-state index in [2.05, 4.69) is 124 Å². The van der Waals surface area contributed by atoms with Crippen molar-refractivity contribution in [2.45, 2.75) is 0 Å². The van der Waals surface area contributed by atoms with Crippen molar-refractivity contribution in [2.24, 2.45) is 0 Å². The molecule has 0 unspecified atom stereocenters. The summed E-state index contributed by atoms with van der Waals surface area (Å²) in [4.78, 5) is 5.06. The Labute approximate surface area is 235 Å². The van der Waals surface area contributed by atoms with E-state index in [0.29, 0.717) is 0 Å². The van der Waals surface area contributed by atoms with Crippen molar-refractivity contribution in [1.29, 1.82) is 0 Å². The molecule has 0 fully saturated rings. The van der Waals surface area contributed by atoms with Gasteiger partial charge in [0.05, 0.1) is 27.5 Å². The van der Waals surface area contributed by atoms with Crippen molar-refractivity contribution in [3.8, 4) is 22.8 Å². The molecule has 0 amide bonds. The van der Waals surface area contributed by atoms with Crippen molar-refractivity contribution in [2.75, 3.05) is 0 Å². The first-order chi connectivity index (χ1) is 20.3. The van der Waals surface area contributed by atoms with Crippen molar-refractivity contribution >= 4 is 54.8 Å². The number of hydrogen-bond donors (Lipinski definition) is 0. The molecule has 41 heavy (non-hydrogen) atoms. The van der Waals surface area contributed by atoms with Gasteiger partial charge in [-0.05, 0) is 54.6 Å². The quantitative estimate of drug-likeness (QED) is 0.230. The molecule has 0 bridgehead atoms. The smallest absolute Gasteiger partial charge is 0.145 e. The van der Waals surface area contributed by atoms with Crippen LogP contribution in [-0.4, -0.2) is 14.1 Å². The number of furan rings is 1. The third kappa shape index (κ3) is 3.19. The highest BCUT2D eigenvalue weighted by Gasteiger charge is 2.20. The van der Waals surface area contributed by atoms with Crippen molar-refractivity contribution in [3.05, 3.63) is 140 Å². The minimum Gasteiger partial charge on any atom is -0.456 e. The van der Waals surface area contributed by atoms with E-state index < -0.39 is 0 Å². The lowest BCUT2D eigenvalue weighted by Crippen LogP contribution is -2.00. The van der Waals surface area contributed by atoms with Crippen LogP contribution in [0.3, 0.4) is 0 Å². The second kappa shape index (κ2) is 8.44. The van der Waals surface area contributed by atoms with E-state index in [-0.39, 0.29) is 0 Å². The zero-order valence-corrected chi connectivity index (χ0v) is 22.0. The fraction of sp³-hybridized carbons (Fsp3) is 0. The maximum absolute atomic E-state index is 6.32. The zero-order chi connectivity index (χ0) is 26.9. The summed E-state index contributed by atoms with van der Waals surface area (Å²) in [7, 11) is 0. The number of aromatic nitrogens is 3. The fourth-order valence-electron chi connectivity index (χ4n) is 6.37. The molecule has 0 N–H and O–H groups in total. The van der Waals surface area contributed by atoms with Crippen LogP contribution in [0.4, 0.5) is 0 Å². The van der Waals surface area contributed by atoms with Crippen LogP contribution in [0, 0.1) is 0 Å². The first kappa shape index (κ1) is 22.2. The summed E-state index contributed by atoms with van der Waals surface area (Å²) >= 11 is 0. The molecule has 4 nitrogen and oxygen atoms in total. The zero-order valence-electron chi connectivity index (χ0n) is 22.0. The molecule has 9 rings (SSSR count). The van der Waals surface area contributed by atoms with Gasteiger partial charge in [-0.2, -0.15) is 0 Å². The summed E-state index contributed by atoms with van der Waals surface area (Å²) in [6.45, 7) is 0. The normalized spacial score (nSPS) is 11.9. The molecule has 0 saturated heterocycles. The minimum atomic E-state index is 0.894. The van der Waals surface area contributed by atoms with Crippen LogP contribution >= 0.6 is 0 Å². The highest BCUT2D eigenvalue weighted by atomic mass is 16.3. The average Bonchev–Trinajstić information content (AvgIpc) is 3.71. The summed E-state index contributed by atoms with van der Waals surface area (Å²) in [5.41, 5.74) is 9.39. The predicted molar refractivity (Wildman–Crippen MR) is 168 cm³/mol. The molecule has 6 aromatic carbocycles. The van der Waals surface area contributed by atoms with Crippen LogP contribution in [-0.2, 0) is 0 Å². The van der Waals surface area contributed by atoms with Crippen LogP contribution in [0.2, 0.25) is 0 Å². The van der Waals surface area contributed by atoms with E-state index in [1.807, 2.05) is 24.3 Å². The summed E-state index contributed by atoms with van der Waals surface area (Å²) in [6.07, 6.45) is 0. The summed E-state index contributed by atoms with van der Waals surface area (Å²) in [5.74, 6) is 0.925. The molecule has 4 heteroatoms. The Hall–Kier alpha value is -5.61. The standard InChI is InChI=1S/C37H23N3O/c1-2-11-24(12-3-1)37-38-30-17-6-8-19-32(30)40(37)26-14-10-13-25(23-26)39-31-18-7-4-15-27(31)28-21-22-34-35(36(28)39)29-16-5-9-20-33(29)41-34/h1-23H. The lowest BCUT2D eigenvalue weighted by atomic mass is 10.1. The van der Waals surface area contributed by atoms with Crippen molar-refractivity contribution in [1.82, 2.24) is 14.1 Å². The van der Waals surface area contributed by atoms with Gasteiger partial charge >= 0.3 is 0 Å². The van der Waals surface area contributed by atoms with Crippen molar-refractivity contribution < 1.29 is 4.42 Å². The van der Waals surface area contributed by atoms with E-state index in [1.165, 1.54) is 10.8 Å². The van der Waals surface area contributed by atoms with Gasteiger partial charge in [0.1, 0.15) is 17.0 Å². The summed E-state index contributed by atoms with van der Waals surface area (Å²) < 4.78 is 11.0. The molecular weight excluding hydrogens is 502 g/mol. The number of fused-ring (bicyclic) bond motifs is 8. The highest BCUT2D eigenvalue weighted by molar-refractivity contribution is 6.24. The van der Waals surface area contributed by atoms with E-state index in [4.69, 9.17) is 9.40 Å². The number of rotatable bonds is 3. The molecule has 0 radical (unpaired) electrons. The summed E-state index contributed by atoms with van der Waals surface area (Å²) in [5, 5.41) is 4.69. The Morgan fingerprint density at radius 2 is 1.20 bits per heavy atom. The second-order valence-electron chi connectivity index (χ2n) is 10.4. The predicted octanol–water partition coefficient (Wildman–Crippen LogP) is 9.69. The van der Waals surface area contributed by atoms with Gasteiger partial charge in [0.2, 0.25) is 0 Å². The second-order valence-corrected chi connectivity index (χ2v) is 10.4. The molecule has 3 aromatic heterocycles.